The summed E-state index contributed by atoms with van der Waals surface area (Å²) >= 11 is 0. The zero-order chi connectivity index (χ0) is 19.1. The van der Waals surface area contributed by atoms with E-state index >= 15 is 0 Å². The number of likely N-dealkylation sites (N-methyl/N-ethyl adjacent to an activating group) is 1. The lowest BCUT2D eigenvalue weighted by atomic mass is 10.2. The monoisotopic (exact) mass is 364 g/mol. The lowest BCUT2D eigenvalue weighted by Crippen LogP contribution is -2.39. The second kappa shape index (κ2) is 8.89. The summed E-state index contributed by atoms with van der Waals surface area (Å²) in [4.78, 5) is 13.8. The number of hydrogen-bond donors (Lipinski definition) is 1. The predicted octanol–water partition coefficient (Wildman–Crippen LogP) is 3.40. The van der Waals surface area contributed by atoms with Crippen molar-refractivity contribution < 1.29 is 9.53 Å². The molecule has 0 saturated heterocycles. The average molecular weight is 364 g/mol. The Morgan fingerprint density at radius 1 is 1.15 bits per heavy atom. The van der Waals surface area contributed by atoms with Crippen molar-refractivity contribution in [1.82, 2.24) is 20.0 Å². The van der Waals surface area contributed by atoms with E-state index in [-0.39, 0.29) is 6.03 Å². The number of rotatable bonds is 7. The number of benzene rings is 2. The van der Waals surface area contributed by atoms with Gasteiger partial charge in [-0.25, -0.2) is 9.48 Å². The molecule has 0 spiro atoms. The number of urea groups is 1. The Morgan fingerprint density at radius 2 is 1.89 bits per heavy atom. The molecule has 1 aromatic heterocycles. The Balaban J connectivity index is 1.42. The molecule has 27 heavy (non-hydrogen) atoms. The lowest BCUT2D eigenvalue weighted by Gasteiger charge is -2.18. The summed E-state index contributed by atoms with van der Waals surface area (Å²) in [6.45, 7) is 3.40. The number of nitrogens with zero attached hydrogens (tertiary/aromatic N) is 3. The summed E-state index contributed by atoms with van der Waals surface area (Å²) in [6.07, 6.45) is 3.67. The Hall–Kier alpha value is -3.28. The molecule has 1 heterocycles. The summed E-state index contributed by atoms with van der Waals surface area (Å²) in [6, 6.07) is 17.6. The van der Waals surface area contributed by atoms with Crippen LogP contribution in [-0.4, -0.2) is 40.9 Å². The first kappa shape index (κ1) is 18.5. The second-order valence-corrected chi connectivity index (χ2v) is 6.37. The van der Waals surface area contributed by atoms with Crippen molar-refractivity contribution in [3.05, 3.63) is 78.1 Å². The van der Waals surface area contributed by atoms with Gasteiger partial charge in [-0.1, -0.05) is 35.9 Å². The van der Waals surface area contributed by atoms with Crippen LogP contribution in [0.2, 0.25) is 0 Å². The van der Waals surface area contributed by atoms with E-state index in [1.807, 2.05) is 67.7 Å². The molecule has 2 aromatic carbocycles. The van der Waals surface area contributed by atoms with Gasteiger partial charge in [-0.3, -0.25) is 0 Å². The highest BCUT2D eigenvalue weighted by atomic mass is 16.5. The van der Waals surface area contributed by atoms with E-state index in [2.05, 4.69) is 10.4 Å². The Morgan fingerprint density at radius 3 is 2.63 bits per heavy atom. The number of para-hydroxylation sites is 1. The van der Waals surface area contributed by atoms with Crippen molar-refractivity contribution in [2.24, 2.45) is 0 Å². The predicted molar refractivity (Wildman–Crippen MR) is 105 cm³/mol. The summed E-state index contributed by atoms with van der Waals surface area (Å²) in [5.41, 5.74) is 3.12. The van der Waals surface area contributed by atoms with Crippen molar-refractivity contribution in [3.63, 3.8) is 0 Å². The van der Waals surface area contributed by atoms with Crippen molar-refractivity contribution in [2.45, 2.75) is 13.5 Å². The molecular formula is C21H24N4O2. The minimum atomic E-state index is -0.144. The minimum Gasteiger partial charge on any atom is -0.492 e. The zero-order valence-corrected chi connectivity index (χ0v) is 15.6. The fourth-order valence-corrected chi connectivity index (χ4v) is 2.52. The highest BCUT2D eigenvalue weighted by molar-refractivity contribution is 5.73. The quantitative estimate of drug-likeness (QED) is 0.699. The van der Waals surface area contributed by atoms with Gasteiger partial charge in [0.15, 0.2) is 0 Å². The fourth-order valence-electron chi connectivity index (χ4n) is 2.52. The normalized spacial score (nSPS) is 10.4. The van der Waals surface area contributed by atoms with Crippen molar-refractivity contribution in [3.8, 4) is 11.4 Å². The van der Waals surface area contributed by atoms with Crippen LogP contribution in [-0.2, 0) is 6.54 Å². The van der Waals surface area contributed by atoms with Gasteiger partial charge >= 0.3 is 6.03 Å². The minimum absolute atomic E-state index is 0.144. The topological polar surface area (TPSA) is 59.4 Å². The molecular weight excluding hydrogens is 340 g/mol. The van der Waals surface area contributed by atoms with E-state index < -0.39 is 0 Å². The molecule has 0 unspecified atom stereocenters. The Kier molecular flexibility index (Phi) is 6.10. The molecule has 0 fully saturated rings. The second-order valence-electron chi connectivity index (χ2n) is 6.37. The molecule has 0 aliphatic heterocycles. The summed E-state index contributed by atoms with van der Waals surface area (Å²) in [7, 11) is 1.75. The third-order valence-corrected chi connectivity index (χ3v) is 4.16. The van der Waals surface area contributed by atoms with Gasteiger partial charge in [0.2, 0.25) is 0 Å². The third kappa shape index (κ3) is 5.34. The number of hydrogen-bond acceptors (Lipinski definition) is 3. The molecule has 6 nitrogen and oxygen atoms in total. The summed E-state index contributed by atoms with van der Waals surface area (Å²) in [5.74, 6) is 0.808. The maximum Gasteiger partial charge on any atom is 0.317 e. The molecule has 1 N–H and O–H groups in total. The van der Waals surface area contributed by atoms with Crippen LogP contribution in [0.5, 0.6) is 5.75 Å². The molecule has 6 heteroatoms. The molecule has 2 amide bonds. The van der Waals surface area contributed by atoms with Gasteiger partial charge in [0.05, 0.1) is 18.4 Å². The Labute approximate surface area is 159 Å². The maximum atomic E-state index is 12.2. The number of carbonyl (C=O) groups excluding carboxylic acids is 1. The molecule has 0 bridgehead atoms. The van der Waals surface area contributed by atoms with E-state index in [9.17, 15) is 4.79 Å². The molecule has 140 valence electrons. The maximum absolute atomic E-state index is 12.2. The van der Waals surface area contributed by atoms with E-state index in [4.69, 9.17) is 4.74 Å². The molecule has 3 aromatic rings. The first-order valence-electron chi connectivity index (χ1n) is 8.89. The van der Waals surface area contributed by atoms with Gasteiger partial charge in [0.25, 0.3) is 0 Å². The Bertz CT molecular complexity index is 859. The smallest absolute Gasteiger partial charge is 0.317 e. The van der Waals surface area contributed by atoms with Crippen LogP contribution in [0.3, 0.4) is 0 Å². The van der Waals surface area contributed by atoms with Crippen molar-refractivity contribution in [1.29, 1.82) is 0 Å². The average Bonchev–Trinajstić information content (AvgIpc) is 3.17. The third-order valence-electron chi connectivity index (χ3n) is 4.16. The van der Waals surface area contributed by atoms with Gasteiger partial charge in [0, 0.05) is 25.4 Å². The highest BCUT2D eigenvalue weighted by Crippen LogP contribution is 2.11. The molecule has 0 atom stereocenters. The fraction of sp³-hybridized carbons (Fsp3) is 0.238. The first-order valence-corrected chi connectivity index (χ1v) is 8.89. The van der Waals surface area contributed by atoms with Crippen LogP contribution < -0.4 is 10.1 Å². The number of carbonyl (C=O) groups is 1. The molecule has 0 saturated carbocycles. The van der Waals surface area contributed by atoms with E-state index in [1.54, 1.807) is 22.8 Å². The number of aryl methyl sites for hydroxylation is 1. The van der Waals surface area contributed by atoms with Crippen LogP contribution in [0.1, 0.15) is 11.1 Å². The van der Waals surface area contributed by atoms with Gasteiger partial charge in [-0.05, 0) is 31.2 Å². The van der Waals surface area contributed by atoms with Gasteiger partial charge in [-0.15, -0.1) is 0 Å². The number of nitrogens with one attached hydrogen (secondary N) is 1. The first-order chi connectivity index (χ1) is 13.1. The van der Waals surface area contributed by atoms with Gasteiger partial charge in [-0.2, -0.15) is 5.10 Å². The van der Waals surface area contributed by atoms with Crippen LogP contribution >= 0.6 is 0 Å². The van der Waals surface area contributed by atoms with E-state index in [0.29, 0.717) is 19.7 Å². The van der Waals surface area contributed by atoms with E-state index in [1.165, 1.54) is 5.56 Å². The number of ether oxygens (including phenoxy) is 1. The number of amides is 2. The standard InChI is InChI=1S/C21H24N4O2/c1-17-8-10-20(11-9-17)27-13-12-24(2)21(26)22-14-18-15-23-25(16-18)19-6-4-3-5-7-19/h3-11,15-16H,12-14H2,1-2H3,(H,22,26). The van der Waals surface area contributed by atoms with Gasteiger partial charge < -0.3 is 15.0 Å². The van der Waals surface area contributed by atoms with Crippen LogP contribution in [0.15, 0.2) is 67.0 Å². The van der Waals surface area contributed by atoms with Crippen LogP contribution in [0.4, 0.5) is 4.79 Å². The van der Waals surface area contributed by atoms with Crippen molar-refractivity contribution in [2.75, 3.05) is 20.2 Å². The SMILES string of the molecule is Cc1ccc(OCCN(C)C(=O)NCc2cnn(-c3ccccc3)c2)cc1. The van der Waals surface area contributed by atoms with Crippen LogP contribution in [0.25, 0.3) is 5.69 Å². The molecule has 3 rings (SSSR count). The number of aromatic nitrogens is 2. The molecule has 0 aliphatic rings. The van der Waals surface area contributed by atoms with Crippen LogP contribution in [0, 0.1) is 6.92 Å². The van der Waals surface area contributed by atoms with Gasteiger partial charge in [0.1, 0.15) is 12.4 Å². The highest BCUT2D eigenvalue weighted by Gasteiger charge is 2.09. The summed E-state index contributed by atoms with van der Waals surface area (Å²) in [5, 5.41) is 7.23. The lowest BCUT2D eigenvalue weighted by molar-refractivity contribution is 0.195. The van der Waals surface area contributed by atoms with Crippen molar-refractivity contribution >= 4 is 6.03 Å². The van der Waals surface area contributed by atoms with E-state index in [0.717, 1.165) is 17.0 Å². The summed E-state index contributed by atoms with van der Waals surface area (Å²) < 4.78 is 7.45. The largest absolute Gasteiger partial charge is 0.492 e. The molecule has 0 radical (unpaired) electrons. The molecule has 0 aliphatic carbocycles. The zero-order valence-electron chi connectivity index (χ0n) is 15.6.